The second kappa shape index (κ2) is 74.3. The Morgan fingerprint density at radius 1 is 0.291 bits per heavy atom. The lowest BCUT2D eigenvalue weighted by Gasteiger charge is -2.27. The number of amides is 1. The number of unbranched alkanes of at least 4 members (excludes halogenated alkanes) is 59. The van der Waals surface area contributed by atoms with Crippen molar-refractivity contribution in [3.05, 3.63) is 36.5 Å². The molecule has 5 N–H and O–H groups in total. The van der Waals surface area contributed by atoms with Crippen LogP contribution in [0.1, 0.15) is 438 Å². The first-order valence-electron chi connectivity index (χ1n) is 39.4. The molecule has 0 bridgehead atoms. The van der Waals surface area contributed by atoms with Crippen LogP contribution in [0, 0.1) is 0 Å². The summed E-state index contributed by atoms with van der Waals surface area (Å²) in [6.45, 7) is 4.11. The third-order valence-corrected chi connectivity index (χ3v) is 18.8. The van der Waals surface area contributed by atoms with Crippen LogP contribution in [-0.2, 0) is 4.79 Å². The second-order valence-electron chi connectivity index (χ2n) is 27.4. The predicted molar refractivity (Wildman–Crippen MR) is 381 cm³/mol. The van der Waals surface area contributed by atoms with Crippen LogP contribution in [0.15, 0.2) is 36.5 Å². The van der Waals surface area contributed by atoms with E-state index in [0.29, 0.717) is 12.8 Å². The van der Waals surface area contributed by atoms with Gasteiger partial charge in [0.2, 0.25) is 5.91 Å². The molecule has 0 saturated heterocycles. The topological polar surface area (TPSA) is 110 Å². The highest BCUT2D eigenvalue weighted by Crippen LogP contribution is 2.20. The zero-order valence-corrected chi connectivity index (χ0v) is 58.3. The first kappa shape index (κ1) is 84.5. The molecule has 510 valence electrons. The van der Waals surface area contributed by atoms with E-state index in [1.54, 1.807) is 0 Å². The van der Waals surface area contributed by atoms with E-state index in [1.807, 2.05) is 0 Å². The van der Waals surface area contributed by atoms with Gasteiger partial charge in [-0.25, -0.2) is 0 Å². The number of aliphatic hydroxyl groups is 4. The van der Waals surface area contributed by atoms with E-state index in [1.165, 1.54) is 366 Å². The molecule has 0 fully saturated rings. The van der Waals surface area contributed by atoms with Crippen molar-refractivity contribution in [1.82, 2.24) is 5.32 Å². The lowest BCUT2D eigenvalue weighted by molar-refractivity contribution is -0.132. The number of nitrogens with one attached hydrogen (secondary N) is 1. The van der Waals surface area contributed by atoms with Gasteiger partial charge in [0.15, 0.2) is 0 Å². The number of hydrogen-bond donors (Lipinski definition) is 5. The van der Waals surface area contributed by atoms with E-state index >= 15 is 0 Å². The van der Waals surface area contributed by atoms with Gasteiger partial charge in [0, 0.05) is 0 Å². The fraction of sp³-hybridized carbons (Fsp3) is 0.912. The minimum absolute atomic E-state index is 0.365. The van der Waals surface area contributed by atoms with E-state index in [-0.39, 0.29) is 0 Å². The zero-order valence-electron chi connectivity index (χ0n) is 58.3. The van der Waals surface area contributed by atoms with Crippen molar-refractivity contribution in [2.75, 3.05) is 6.61 Å². The van der Waals surface area contributed by atoms with E-state index in [9.17, 15) is 25.2 Å². The molecule has 0 aliphatic carbocycles. The zero-order chi connectivity index (χ0) is 62.2. The molecule has 86 heavy (non-hydrogen) atoms. The van der Waals surface area contributed by atoms with Gasteiger partial charge in [-0.2, -0.15) is 0 Å². The highest BCUT2D eigenvalue weighted by molar-refractivity contribution is 5.80. The lowest BCUT2D eigenvalue weighted by Crippen LogP contribution is -2.53. The highest BCUT2D eigenvalue weighted by atomic mass is 16.3. The summed E-state index contributed by atoms with van der Waals surface area (Å²) in [5.41, 5.74) is 0. The Kier molecular flexibility index (Phi) is 73.0. The smallest absolute Gasteiger partial charge is 0.249 e. The van der Waals surface area contributed by atoms with Crippen LogP contribution >= 0.6 is 0 Å². The fourth-order valence-electron chi connectivity index (χ4n) is 12.7. The average Bonchev–Trinajstić information content (AvgIpc) is 3.73. The number of hydrogen-bond acceptors (Lipinski definition) is 5. The number of allylic oxidation sites excluding steroid dienone is 6. The normalized spacial score (nSPS) is 13.5. The Balaban J connectivity index is 3.53. The maximum atomic E-state index is 12.7. The van der Waals surface area contributed by atoms with Gasteiger partial charge in [0.25, 0.3) is 0 Å². The molecule has 4 atom stereocenters. The first-order valence-corrected chi connectivity index (χ1v) is 39.4. The van der Waals surface area contributed by atoms with Crippen LogP contribution in [-0.4, -0.2) is 57.3 Å². The maximum absolute atomic E-state index is 12.7. The SMILES string of the molecule is CCCCCCCCCCCCCCCCC/C=C\C/C=C\CCCCCCCCCCCCCCCCCCC(O)C(=O)NC(CO)C(O)C(O)CCC/C=C/CCCCCCCCCCCCCCCCCCCCCCCCCCCCC. The Morgan fingerprint density at radius 2 is 0.512 bits per heavy atom. The molecule has 0 rings (SSSR count). The Bertz CT molecular complexity index is 1360. The van der Waals surface area contributed by atoms with Gasteiger partial charge in [-0.15, -0.1) is 0 Å². The number of aliphatic hydroxyl groups excluding tert-OH is 4. The standard InChI is InChI=1S/C80H155NO5/c1-3-5-7-9-11-13-15-17-19-21-23-25-27-29-31-33-35-37-38-39-40-41-42-44-46-48-50-52-54-56-58-60-62-64-66-68-70-72-74-78(84)80(86)81-76(75-82)79(85)77(83)73-71-69-67-65-63-61-59-57-55-53-51-49-47-45-43-36-34-32-30-28-26-24-22-20-18-16-14-12-10-8-6-4-2/h35,37,39-40,65,67,76-79,82-85H,3-34,36,38,41-64,66,68-75H2,1-2H3,(H,81,86)/b37-35-,40-39-,67-65+. The fourth-order valence-corrected chi connectivity index (χ4v) is 12.7. The summed E-state index contributed by atoms with van der Waals surface area (Å²) in [7, 11) is 0. The molecule has 6 nitrogen and oxygen atoms in total. The summed E-state index contributed by atoms with van der Waals surface area (Å²) in [6.07, 6.45) is 97.5. The molecule has 0 aromatic rings. The van der Waals surface area contributed by atoms with Crippen LogP contribution in [0.25, 0.3) is 0 Å². The van der Waals surface area contributed by atoms with Crippen molar-refractivity contribution in [2.24, 2.45) is 0 Å². The van der Waals surface area contributed by atoms with Crippen molar-refractivity contribution < 1.29 is 25.2 Å². The number of rotatable bonds is 74. The summed E-state index contributed by atoms with van der Waals surface area (Å²) in [4.78, 5) is 12.7. The largest absolute Gasteiger partial charge is 0.394 e. The Hall–Kier alpha value is -1.47. The molecular formula is C80H155NO5. The van der Waals surface area contributed by atoms with Crippen LogP contribution in [0.5, 0.6) is 0 Å². The minimum Gasteiger partial charge on any atom is -0.394 e. The third-order valence-electron chi connectivity index (χ3n) is 18.8. The summed E-state index contributed by atoms with van der Waals surface area (Å²) in [5, 5.41) is 44.3. The van der Waals surface area contributed by atoms with Gasteiger partial charge in [0.05, 0.1) is 18.8 Å². The molecule has 0 spiro atoms. The first-order chi connectivity index (χ1) is 42.5. The minimum atomic E-state index is -1.28. The van der Waals surface area contributed by atoms with Crippen molar-refractivity contribution >= 4 is 5.91 Å². The van der Waals surface area contributed by atoms with E-state index in [2.05, 4.69) is 55.6 Å². The molecule has 0 aliphatic rings. The van der Waals surface area contributed by atoms with Gasteiger partial charge in [-0.1, -0.05) is 403 Å². The van der Waals surface area contributed by atoms with Gasteiger partial charge < -0.3 is 25.7 Å². The van der Waals surface area contributed by atoms with Crippen LogP contribution in [0.2, 0.25) is 0 Å². The van der Waals surface area contributed by atoms with Crippen molar-refractivity contribution in [1.29, 1.82) is 0 Å². The van der Waals surface area contributed by atoms with E-state index in [0.717, 1.165) is 44.9 Å². The predicted octanol–water partition coefficient (Wildman–Crippen LogP) is 25.0. The lowest BCUT2D eigenvalue weighted by atomic mass is 10.00. The quantitative estimate of drug-likeness (QED) is 0.0308. The number of carbonyl (C=O) groups is 1. The van der Waals surface area contributed by atoms with Crippen molar-refractivity contribution in [3.63, 3.8) is 0 Å². The molecule has 0 aromatic carbocycles. The molecule has 4 unspecified atom stereocenters. The summed E-state index contributed by atoms with van der Waals surface area (Å²) in [6, 6.07) is -1.00. The summed E-state index contributed by atoms with van der Waals surface area (Å²) < 4.78 is 0. The molecule has 0 aliphatic heterocycles. The van der Waals surface area contributed by atoms with Gasteiger partial charge in [-0.3, -0.25) is 4.79 Å². The van der Waals surface area contributed by atoms with Gasteiger partial charge in [-0.05, 0) is 70.6 Å². The van der Waals surface area contributed by atoms with Gasteiger partial charge in [0.1, 0.15) is 12.2 Å². The molecule has 0 radical (unpaired) electrons. The molecule has 6 heteroatoms. The average molecular weight is 1210 g/mol. The molecular weight excluding hydrogens is 1050 g/mol. The van der Waals surface area contributed by atoms with E-state index in [4.69, 9.17) is 0 Å². The highest BCUT2D eigenvalue weighted by Gasteiger charge is 2.28. The summed E-state index contributed by atoms with van der Waals surface area (Å²) in [5.74, 6) is -0.586. The van der Waals surface area contributed by atoms with Crippen LogP contribution in [0.3, 0.4) is 0 Å². The molecule has 0 heterocycles. The van der Waals surface area contributed by atoms with Gasteiger partial charge >= 0.3 is 0 Å². The molecule has 0 saturated carbocycles. The van der Waals surface area contributed by atoms with Crippen LogP contribution < -0.4 is 5.32 Å². The van der Waals surface area contributed by atoms with Crippen molar-refractivity contribution in [2.45, 2.75) is 462 Å². The molecule has 0 aromatic heterocycles. The third kappa shape index (κ3) is 66.9. The Labute approximate surface area is 538 Å². The number of carbonyl (C=O) groups excluding carboxylic acids is 1. The second-order valence-corrected chi connectivity index (χ2v) is 27.4. The monoisotopic (exact) mass is 1210 g/mol. The molecule has 1 amide bonds. The Morgan fingerprint density at radius 3 is 0.767 bits per heavy atom. The maximum Gasteiger partial charge on any atom is 0.249 e. The van der Waals surface area contributed by atoms with Crippen LogP contribution in [0.4, 0.5) is 0 Å². The van der Waals surface area contributed by atoms with E-state index < -0.39 is 36.9 Å². The van der Waals surface area contributed by atoms with Crippen molar-refractivity contribution in [3.8, 4) is 0 Å². The summed E-state index contributed by atoms with van der Waals surface area (Å²) >= 11 is 0.